The predicted octanol–water partition coefficient (Wildman–Crippen LogP) is 2.90. The molecule has 5 N–H and O–H groups in total. The molecule has 2 amide bonds. The van der Waals surface area contributed by atoms with Gasteiger partial charge in [0.15, 0.2) is 11.5 Å². The van der Waals surface area contributed by atoms with Crippen LogP contribution in [0.15, 0.2) is 59.2 Å². The Morgan fingerprint density at radius 3 is 2.79 bits per heavy atom. The topological polar surface area (TPSA) is 122 Å². The van der Waals surface area contributed by atoms with Gasteiger partial charge in [-0.3, -0.25) is 9.59 Å². The van der Waals surface area contributed by atoms with Crippen LogP contribution in [0.3, 0.4) is 0 Å². The van der Waals surface area contributed by atoms with Crippen molar-refractivity contribution in [1.29, 1.82) is 0 Å². The molecule has 1 atom stereocenters. The Morgan fingerprint density at radius 1 is 1.15 bits per heavy atom. The van der Waals surface area contributed by atoms with Crippen LogP contribution in [-0.4, -0.2) is 40.9 Å². The number of rotatable bonds is 6. The van der Waals surface area contributed by atoms with Crippen LogP contribution in [0.5, 0.6) is 0 Å². The SMILES string of the molecule is Nc1ncc(-c2cccc(C(=O)NCc3ccccc3Br)c2)nc1C(=O)NC1CCCNC1. The monoisotopic (exact) mass is 508 g/mol. The summed E-state index contributed by atoms with van der Waals surface area (Å²) in [6.07, 6.45) is 3.41. The molecule has 33 heavy (non-hydrogen) atoms. The Morgan fingerprint density at radius 2 is 2.00 bits per heavy atom. The third-order valence-electron chi connectivity index (χ3n) is 5.47. The molecule has 9 heteroatoms. The Hall–Kier alpha value is -3.30. The first-order valence-electron chi connectivity index (χ1n) is 10.8. The van der Waals surface area contributed by atoms with E-state index in [0.717, 1.165) is 36.0 Å². The third kappa shape index (κ3) is 5.74. The normalized spacial score (nSPS) is 15.6. The summed E-state index contributed by atoms with van der Waals surface area (Å²) in [6, 6.07) is 14.8. The summed E-state index contributed by atoms with van der Waals surface area (Å²) in [6.45, 7) is 2.07. The maximum atomic E-state index is 12.8. The van der Waals surface area contributed by atoms with Crippen LogP contribution in [0, 0.1) is 0 Å². The highest BCUT2D eigenvalue weighted by Gasteiger charge is 2.20. The molecule has 170 valence electrons. The van der Waals surface area contributed by atoms with Crippen LogP contribution in [0.1, 0.15) is 39.3 Å². The molecule has 1 fully saturated rings. The van der Waals surface area contributed by atoms with Crippen molar-refractivity contribution in [2.24, 2.45) is 0 Å². The molecule has 2 heterocycles. The second-order valence-corrected chi connectivity index (χ2v) is 8.72. The lowest BCUT2D eigenvalue weighted by atomic mass is 10.1. The van der Waals surface area contributed by atoms with Crippen molar-refractivity contribution in [3.8, 4) is 11.3 Å². The van der Waals surface area contributed by atoms with E-state index in [4.69, 9.17) is 5.73 Å². The number of hydrogen-bond donors (Lipinski definition) is 4. The number of nitrogen functional groups attached to an aromatic ring is 1. The summed E-state index contributed by atoms with van der Waals surface area (Å²) in [5.41, 5.74) is 8.63. The van der Waals surface area contributed by atoms with Gasteiger partial charge in [0.25, 0.3) is 11.8 Å². The summed E-state index contributed by atoms with van der Waals surface area (Å²) in [5.74, 6) is -0.487. The van der Waals surface area contributed by atoms with Crippen molar-refractivity contribution >= 4 is 33.6 Å². The number of carbonyl (C=O) groups excluding carboxylic acids is 2. The Kier molecular flexibility index (Phi) is 7.31. The molecule has 8 nitrogen and oxygen atoms in total. The van der Waals surface area contributed by atoms with Gasteiger partial charge >= 0.3 is 0 Å². The van der Waals surface area contributed by atoms with E-state index in [2.05, 4.69) is 41.8 Å². The Balaban J connectivity index is 1.49. The Labute approximate surface area is 200 Å². The van der Waals surface area contributed by atoms with Crippen LogP contribution >= 0.6 is 15.9 Å². The van der Waals surface area contributed by atoms with Crippen molar-refractivity contribution in [2.75, 3.05) is 18.8 Å². The molecular weight excluding hydrogens is 484 g/mol. The number of benzene rings is 2. The predicted molar refractivity (Wildman–Crippen MR) is 131 cm³/mol. The zero-order chi connectivity index (χ0) is 23.2. The molecule has 0 bridgehead atoms. The molecule has 1 saturated heterocycles. The van der Waals surface area contributed by atoms with E-state index in [-0.39, 0.29) is 29.4 Å². The quantitative estimate of drug-likeness (QED) is 0.406. The van der Waals surface area contributed by atoms with Crippen LogP contribution in [-0.2, 0) is 6.54 Å². The molecule has 0 saturated carbocycles. The van der Waals surface area contributed by atoms with Crippen molar-refractivity contribution in [1.82, 2.24) is 25.9 Å². The number of anilines is 1. The van der Waals surface area contributed by atoms with Crippen LogP contribution in [0.2, 0.25) is 0 Å². The highest BCUT2D eigenvalue weighted by molar-refractivity contribution is 9.10. The van der Waals surface area contributed by atoms with Gasteiger partial charge in [-0.15, -0.1) is 0 Å². The third-order valence-corrected chi connectivity index (χ3v) is 6.24. The van der Waals surface area contributed by atoms with Gasteiger partial charge in [0.1, 0.15) is 0 Å². The van der Waals surface area contributed by atoms with E-state index < -0.39 is 0 Å². The van der Waals surface area contributed by atoms with Gasteiger partial charge in [0.2, 0.25) is 0 Å². The molecule has 0 spiro atoms. The minimum absolute atomic E-state index is 0.0350. The van der Waals surface area contributed by atoms with Crippen LogP contribution < -0.4 is 21.7 Å². The number of amides is 2. The second-order valence-electron chi connectivity index (χ2n) is 7.86. The number of nitrogens with one attached hydrogen (secondary N) is 3. The zero-order valence-corrected chi connectivity index (χ0v) is 19.6. The smallest absolute Gasteiger partial charge is 0.274 e. The first kappa shape index (κ1) is 22.9. The Bertz CT molecular complexity index is 1160. The van der Waals surface area contributed by atoms with E-state index in [0.29, 0.717) is 23.4 Å². The van der Waals surface area contributed by atoms with Crippen molar-refractivity contribution in [3.63, 3.8) is 0 Å². The molecule has 4 rings (SSSR count). The minimum atomic E-state index is -0.349. The maximum Gasteiger partial charge on any atom is 0.274 e. The number of hydrogen-bond acceptors (Lipinski definition) is 6. The molecule has 1 aliphatic heterocycles. The summed E-state index contributed by atoms with van der Waals surface area (Å²) >= 11 is 3.49. The lowest BCUT2D eigenvalue weighted by Gasteiger charge is -2.23. The first-order valence-corrected chi connectivity index (χ1v) is 11.6. The van der Waals surface area contributed by atoms with Gasteiger partial charge in [0.05, 0.1) is 11.9 Å². The average molecular weight is 509 g/mol. The fourth-order valence-electron chi connectivity index (χ4n) is 3.67. The number of aromatic nitrogens is 2. The van der Waals surface area contributed by atoms with Gasteiger partial charge in [-0.25, -0.2) is 9.97 Å². The van der Waals surface area contributed by atoms with E-state index in [1.54, 1.807) is 18.2 Å². The van der Waals surface area contributed by atoms with Gasteiger partial charge in [-0.1, -0.05) is 46.3 Å². The fraction of sp³-hybridized carbons (Fsp3) is 0.250. The van der Waals surface area contributed by atoms with Gasteiger partial charge in [-0.05, 0) is 43.1 Å². The van der Waals surface area contributed by atoms with Crippen molar-refractivity contribution in [2.45, 2.75) is 25.4 Å². The molecule has 3 aromatic rings. The first-order chi connectivity index (χ1) is 16.0. The largest absolute Gasteiger partial charge is 0.382 e. The van der Waals surface area contributed by atoms with Gasteiger partial charge < -0.3 is 21.7 Å². The van der Waals surface area contributed by atoms with Crippen molar-refractivity contribution in [3.05, 3.63) is 76.0 Å². The molecule has 0 radical (unpaired) electrons. The standard InChI is InChI=1S/C24H25BrN6O2/c25-19-9-2-1-5-17(19)12-29-23(32)16-7-3-6-15(11-16)20-14-28-22(26)21(31-20)24(33)30-18-8-4-10-27-13-18/h1-3,5-7,9,11,14,18,27H,4,8,10,12-13H2,(H2,26,28)(H,29,32)(H,30,33). The maximum absolute atomic E-state index is 12.8. The fourth-order valence-corrected chi connectivity index (χ4v) is 4.10. The zero-order valence-electron chi connectivity index (χ0n) is 18.0. The summed E-state index contributed by atoms with van der Waals surface area (Å²) in [4.78, 5) is 34.1. The molecule has 0 aliphatic carbocycles. The highest BCUT2D eigenvalue weighted by atomic mass is 79.9. The van der Waals surface area contributed by atoms with Crippen LogP contribution in [0.25, 0.3) is 11.3 Å². The molecule has 1 aliphatic rings. The van der Waals surface area contributed by atoms with E-state index in [1.165, 1.54) is 6.20 Å². The molecule has 1 aromatic heterocycles. The van der Waals surface area contributed by atoms with E-state index >= 15 is 0 Å². The number of carbonyl (C=O) groups is 2. The van der Waals surface area contributed by atoms with Gasteiger partial charge in [0, 0.05) is 34.7 Å². The number of piperidine rings is 1. The minimum Gasteiger partial charge on any atom is -0.382 e. The highest BCUT2D eigenvalue weighted by Crippen LogP contribution is 2.21. The summed E-state index contributed by atoms with van der Waals surface area (Å²) < 4.78 is 0.936. The molecular formula is C24H25BrN6O2. The molecule has 1 unspecified atom stereocenters. The lowest BCUT2D eigenvalue weighted by molar-refractivity contribution is 0.0923. The summed E-state index contributed by atoms with van der Waals surface area (Å²) in [7, 11) is 0. The summed E-state index contributed by atoms with van der Waals surface area (Å²) in [5, 5.41) is 9.15. The van der Waals surface area contributed by atoms with Crippen molar-refractivity contribution < 1.29 is 9.59 Å². The van der Waals surface area contributed by atoms with E-state index in [1.807, 2.05) is 30.3 Å². The average Bonchev–Trinajstić information content (AvgIpc) is 2.84. The van der Waals surface area contributed by atoms with E-state index in [9.17, 15) is 9.59 Å². The van der Waals surface area contributed by atoms with Crippen LogP contribution in [0.4, 0.5) is 5.82 Å². The number of halogens is 1. The van der Waals surface area contributed by atoms with Gasteiger partial charge in [-0.2, -0.15) is 0 Å². The lowest BCUT2D eigenvalue weighted by Crippen LogP contribution is -2.46. The number of nitrogens with two attached hydrogens (primary N) is 1. The second kappa shape index (κ2) is 10.5. The molecule has 2 aromatic carbocycles. The number of nitrogens with zero attached hydrogens (tertiary/aromatic N) is 2.